The molecular weight excluding hydrogens is 268 g/mol. The summed E-state index contributed by atoms with van der Waals surface area (Å²) in [5.41, 5.74) is 0. The Labute approximate surface area is 93.3 Å². The highest BCUT2D eigenvalue weighted by atomic mass is 79.9. The van der Waals surface area contributed by atoms with Crippen LogP contribution >= 0.6 is 27.5 Å². The monoisotopic (exact) mass is 278 g/mol. The van der Waals surface area contributed by atoms with Crippen LogP contribution in [0.5, 0.6) is 5.75 Å². The van der Waals surface area contributed by atoms with Crippen molar-refractivity contribution in [2.45, 2.75) is 19.6 Å². The summed E-state index contributed by atoms with van der Waals surface area (Å²) in [5, 5.41) is 0.717. The van der Waals surface area contributed by atoms with E-state index in [9.17, 15) is 0 Å². The smallest absolute Gasteiger partial charge is 0.242 e. The van der Waals surface area contributed by atoms with Crippen LogP contribution < -0.4 is 4.43 Å². The number of hydrogen-bond donors (Lipinski definition) is 0. The first-order chi connectivity index (χ1) is 5.88. The second-order valence-corrected chi connectivity index (χ2v) is 9.51. The van der Waals surface area contributed by atoms with Gasteiger partial charge in [-0.1, -0.05) is 11.6 Å². The lowest BCUT2D eigenvalue weighted by atomic mass is 10.3. The average molecular weight is 280 g/mol. The van der Waals surface area contributed by atoms with Gasteiger partial charge < -0.3 is 4.43 Å². The average Bonchev–Trinajstić information content (AvgIpc) is 1.93. The Hall–Kier alpha value is 0.00688. The van der Waals surface area contributed by atoms with Gasteiger partial charge >= 0.3 is 0 Å². The Kier molecular flexibility index (Phi) is 3.43. The summed E-state index contributed by atoms with van der Waals surface area (Å²) in [7, 11) is -1.52. The van der Waals surface area contributed by atoms with Gasteiger partial charge in [-0.3, -0.25) is 0 Å². The van der Waals surface area contributed by atoms with E-state index < -0.39 is 8.32 Å². The first kappa shape index (κ1) is 11.1. The van der Waals surface area contributed by atoms with Crippen LogP contribution in [0, 0.1) is 0 Å². The summed E-state index contributed by atoms with van der Waals surface area (Å²) >= 11 is 9.23. The summed E-state index contributed by atoms with van der Waals surface area (Å²) < 4.78 is 6.74. The van der Waals surface area contributed by atoms with Crippen molar-refractivity contribution in [1.29, 1.82) is 0 Å². The molecule has 0 amide bonds. The fraction of sp³-hybridized carbons (Fsp3) is 0.333. The van der Waals surface area contributed by atoms with Crippen molar-refractivity contribution in [3.05, 3.63) is 27.7 Å². The highest BCUT2D eigenvalue weighted by Gasteiger charge is 2.17. The van der Waals surface area contributed by atoms with E-state index in [1.807, 2.05) is 18.2 Å². The summed E-state index contributed by atoms with van der Waals surface area (Å²) in [5.74, 6) is 0.878. The normalized spacial score (nSPS) is 11.5. The molecule has 13 heavy (non-hydrogen) atoms. The topological polar surface area (TPSA) is 9.23 Å². The molecule has 0 heterocycles. The third kappa shape index (κ3) is 3.71. The van der Waals surface area contributed by atoms with Crippen molar-refractivity contribution < 1.29 is 4.43 Å². The molecule has 0 aliphatic carbocycles. The predicted molar refractivity (Wildman–Crippen MR) is 63.1 cm³/mol. The van der Waals surface area contributed by atoms with Crippen molar-refractivity contribution in [1.82, 2.24) is 0 Å². The third-order valence-corrected chi connectivity index (χ3v) is 3.00. The molecule has 1 rings (SSSR count). The third-order valence-electron chi connectivity index (χ3n) is 1.31. The SMILES string of the molecule is C[Si](C)(C)Oc1ccc(Cl)cc1Br. The maximum atomic E-state index is 5.82. The van der Waals surface area contributed by atoms with E-state index in [1.54, 1.807) is 0 Å². The van der Waals surface area contributed by atoms with Crippen molar-refractivity contribution in [2.24, 2.45) is 0 Å². The summed E-state index contributed by atoms with van der Waals surface area (Å²) in [6, 6.07) is 5.57. The minimum atomic E-state index is -1.52. The molecular formula is C9H12BrClOSi. The molecule has 0 aliphatic rings. The van der Waals surface area contributed by atoms with Gasteiger partial charge in [-0.15, -0.1) is 0 Å². The first-order valence-corrected chi connectivity index (χ1v) is 8.60. The van der Waals surface area contributed by atoms with Gasteiger partial charge in [0.1, 0.15) is 5.75 Å². The maximum Gasteiger partial charge on any atom is 0.242 e. The molecule has 0 bridgehead atoms. The van der Waals surface area contributed by atoms with E-state index in [0.717, 1.165) is 15.2 Å². The Morgan fingerprint density at radius 3 is 2.38 bits per heavy atom. The van der Waals surface area contributed by atoms with E-state index in [4.69, 9.17) is 16.0 Å². The van der Waals surface area contributed by atoms with Crippen LogP contribution in [0.25, 0.3) is 0 Å². The quantitative estimate of drug-likeness (QED) is 0.733. The van der Waals surface area contributed by atoms with Gasteiger partial charge in [0.25, 0.3) is 0 Å². The number of halogens is 2. The molecule has 1 aromatic carbocycles. The fourth-order valence-electron chi connectivity index (χ4n) is 0.888. The van der Waals surface area contributed by atoms with Gasteiger partial charge in [0.15, 0.2) is 0 Å². The van der Waals surface area contributed by atoms with Gasteiger partial charge in [-0.2, -0.15) is 0 Å². The first-order valence-electron chi connectivity index (χ1n) is 4.02. The Balaban J connectivity index is 2.90. The van der Waals surface area contributed by atoms with Gasteiger partial charge in [0, 0.05) is 5.02 Å². The molecule has 0 saturated carbocycles. The lowest BCUT2D eigenvalue weighted by molar-refractivity contribution is 0.554. The van der Waals surface area contributed by atoms with Crippen LogP contribution in [0.4, 0.5) is 0 Å². The molecule has 1 nitrogen and oxygen atoms in total. The molecule has 1 aromatic rings. The van der Waals surface area contributed by atoms with Crippen LogP contribution in [-0.2, 0) is 0 Å². The van der Waals surface area contributed by atoms with Crippen molar-refractivity contribution >= 4 is 35.8 Å². The van der Waals surface area contributed by atoms with Crippen LogP contribution in [0.2, 0.25) is 24.7 Å². The van der Waals surface area contributed by atoms with Gasteiger partial charge in [-0.05, 0) is 53.8 Å². The van der Waals surface area contributed by atoms with Crippen LogP contribution in [0.3, 0.4) is 0 Å². The van der Waals surface area contributed by atoms with E-state index in [0.29, 0.717) is 0 Å². The minimum absolute atomic E-state index is 0.717. The zero-order valence-corrected chi connectivity index (χ0v) is 11.2. The zero-order valence-electron chi connectivity index (χ0n) is 7.90. The van der Waals surface area contributed by atoms with Gasteiger partial charge in [0.2, 0.25) is 8.32 Å². The Bertz CT molecular complexity index is 309. The Morgan fingerprint density at radius 1 is 1.31 bits per heavy atom. The molecule has 4 heteroatoms. The second kappa shape index (κ2) is 4.03. The molecule has 0 spiro atoms. The molecule has 0 atom stereocenters. The minimum Gasteiger partial charge on any atom is -0.544 e. The van der Waals surface area contributed by atoms with E-state index in [2.05, 4.69) is 35.6 Å². The Morgan fingerprint density at radius 2 is 1.92 bits per heavy atom. The molecule has 0 radical (unpaired) electrons. The fourth-order valence-corrected chi connectivity index (χ4v) is 2.64. The standard InChI is InChI=1S/C9H12BrClOSi/c1-13(2,3)12-9-5-4-7(11)6-8(9)10/h4-6H,1-3H3. The molecule has 72 valence electrons. The summed E-state index contributed by atoms with van der Waals surface area (Å²) in [6.45, 7) is 6.44. The van der Waals surface area contributed by atoms with Crippen LogP contribution in [-0.4, -0.2) is 8.32 Å². The molecule has 0 N–H and O–H groups in total. The molecule has 0 fully saturated rings. The van der Waals surface area contributed by atoms with Gasteiger partial charge in [0.05, 0.1) is 4.47 Å². The number of benzene rings is 1. The predicted octanol–water partition coefficient (Wildman–Crippen LogP) is 4.32. The van der Waals surface area contributed by atoms with Gasteiger partial charge in [-0.25, -0.2) is 0 Å². The molecule has 0 aromatic heterocycles. The number of rotatable bonds is 2. The molecule has 0 saturated heterocycles. The van der Waals surface area contributed by atoms with E-state index >= 15 is 0 Å². The van der Waals surface area contributed by atoms with E-state index in [-0.39, 0.29) is 0 Å². The molecule has 0 aliphatic heterocycles. The second-order valence-electron chi connectivity index (χ2n) is 3.79. The summed E-state index contributed by atoms with van der Waals surface area (Å²) in [6.07, 6.45) is 0. The zero-order chi connectivity index (χ0) is 10.1. The van der Waals surface area contributed by atoms with Crippen molar-refractivity contribution in [3.8, 4) is 5.75 Å². The lowest BCUT2D eigenvalue weighted by Crippen LogP contribution is -2.29. The summed E-state index contributed by atoms with van der Waals surface area (Å²) in [4.78, 5) is 0. The molecule has 0 unspecified atom stereocenters. The van der Waals surface area contributed by atoms with Crippen molar-refractivity contribution in [2.75, 3.05) is 0 Å². The van der Waals surface area contributed by atoms with Crippen molar-refractivity contribution in [3.63, 3.8) is 0 Å². The van der Waals surface area contributed by atoms with Crippen LogP contribution in [0.15, 0.2) is 22.7 Å². The maximum absolute atomic E-state index is 5.82. The van der Waals surface area contributed by atoms with E-state index in [1.165, 1.54) is 0 Å². The largest absolute Gasteiger partial charge is 0.544 e. The highest BCUT2D eigenvalue weighted by molar-refractivity contribution is 9.10. The lowest BCUT2D eigenvalue weighted by Gasteiger charge is -2.20. The highest BCUT2D eigenvalue weighted by Crippen LogP contribution is 2.29. The van der Waals surface area contributed by atoms with Crippen LogP contribution in [0.1, 0.15) is 0 Å². The number of hydrogen-bond acceptors (Lipinski definition) is 1.